The predicted molar refractivity (Wildman–Crippen MR) is 71.3 cm³/mol. The topological polar surface area (TPSA) is 23.5 Å². The van der Waals surface area contributed by atoms with Gasteiger partial charge in [0.15, 0.2) is 0 Å². The van der Waals surface area contributed by atoms with Crippen molar-refractivity contribution in [3.8, 4) is 5.75 Å². The number of hydrogen-bond donors (Lipinski definition) is 1. The number of aryl methyl sites for hydroxylation is 1. The molecule has 1 aliphatic carbocycles. The molecular formula is C15H23NO. The van der Waals surface area contributed by atoms with Gasteiger partial charge in [-0.05, 0) is 62.9 Å². The summed E-state index contributed by atoms with van der Waals surface area (Å²) in [6.07, 6.45) is 3.57. The highest BCUT2D eigenvalue weighted by Gasteiger charge is 2.26. The fourth-order valence-electron chi connectivity index (χ4n) is 3.07. The van der Waals surface area contributed by atoms with Gasteiger partial charge < -0.3 is 5.11 Å². The van der Waals surface area contributed by atoms with Crippen molar-refractivity contribution in [2.45, 2.75) is 52.1 Å². The Bertz CT molecular complexity index is 387. The smallest absolute Gasteiger partial charge is 0.115 e. The van der Waals surface area contributed by atoms with Crippen LogP contribution in [0.4, 0.5) is 0 Å². The summed E-state index contributed by atoms with van der Waals surface area (Å²) < 4.78 is 0. The monoisotopic (exact) mass is 233 g/mol. The molecule has 0 radical (unpaired) electrons. The first kappa shape index (κ1) is 12.4. The maximum Gasteiger partial charge on any atom is 0.115 e. The minimum Gasteiger partial charge on any atom is -0.508 e. The quantitative estimate of drug-likeness (QED) is 0.863. The zero-order valence-corrected chi connectivity index (χ0v) is 11.1. The van der Waals surface area contributed by atoms with Crippen molar-refractivity contribution in [3.63, 3.8) is 0 Å². The van der Waals surface area contributed by atoms with E-state index in [2.05, 4.69) is 31.7 Å². The molecule has 0 fully saturated rings. The minimum absolute atomic E-state index is 0.400. The zero-order chi connectivity index (χ0) is 12.4. The summed E-state index contributed by atoms with van der Waals surface area (Å²) in [5.74, 6) is 0.400. The third kappa shape index (κ3) is 2.47. The van der Waals surface area contributed by atoms with Gasteiger partial charge in [-0.15, -0.1) is 0 Å². The van der Waals surface area contributed by atoms with Crippen LogP contribution in [0.2, 0.25) is 0 Å². The average Bonchev–Trinajstić information content (AvgIpc) is 2.29. The molecule has 0 aliphatic heterocycles. The molecule has 2 heteroatoms. The van der Waals surface area contributed by atoms with Crippen molar-refractivity contribution in [3.05, 3.63) is 29.3 Å². The number of phenols is 1. The van der Waals surface area contributed by atoms with E-state index in [9.17, 15) is 5.11 Å². The third-order valence-corrected chi connectivity index (χ3v) is 3.84. The molecule has 0 amide bonds. The number of phenolic OH excluding ortho intramolecular Hbond substituents is 1. The number of benzene rings is 1. The van der Waals surface area contributed by atoms with Gasteiger partial charge in [-0.3, -0.25) is 4.90 Å². The second kappa shape index (κ2) is 5.09. The molecule has 1 aromatic carbocycles. The lowest BCUT2D eigenvalue weighted by Gasteiger charge is -2.38. The largest absolute Gasteiger partial charge is 0.508 e. The molecule has 0 saturated heterocycles. The molecule has 1 unspecified atom stereocenters. The van der Waals surface area contributed by atoms with E-state index in [1.165, 1.54) is 24.0 Å². The summed E-state index contributed by atoms with van der Waals surface area (Å²) in [7, 11) is 0. The van der Waals surface area contributed by atoms with E-state index < -0.39 is 0 Å². The van der Waals surface area contributed by atoms with E-state index in [1.54, 1.807) is 0 Å². The second-order valence-electron chi connectivity index (χ2n) is 5.22. The Labute approximate surface area is 104 Å². The van der Waals surface area contributed by atoms with Gasteiger partial charge in [0.25, 0.3) is 0 Å². The molecule has 1 atom stereocenters. The Morgan fingerprint density at radius 1 is 1.41 bits per heavy atom. The Morgan fingerprint density at radius 3 is 2.82 bits per heavy atom. The fraction of sp³-hybridized carbons (Fsp3) is 0.600. The summed E-state index contributed by atoms with van der Waals surface area (Å²) in [4.78, 5) is 2.55. The van der Waals surface area contributed by atoms with Crippen molar-refractivity contribution in [1.82, 2.24) is 4.90 Å². The van der Waals surface area contributed by atoms with Gasteiger partial charge in [-0.1, -0.05) is 13.0 Å². The molecular weight excluding hydrogens is 210 g/mol. The Hall–Kier alpha value is -1.02. The van der Waals surface area contributed by atoms with E-state index >= 15 is 0 Å². The van der Waals surface area contributed by atoms with Crippen LogP contribution < -0.4 is 0 Å². The van der Waals surface area contributed by atoms with E-state index in [0.717, 1.165) is 13.0 Å². The second-order valence-corrected chi connectivity index (χ2v) is 5.22. The van der Waals surface area contributed by atoms with E-state index in [4.69, 9.17) is 0 Å². The van der Waals surface area contributed by atoms with Gasteiger partial charge in [-0.2, -0.15) is 0 Å². The van der Waals surface area contributed by atoms with Crippen LogP contribution in [0.25, 0.3) is 0 Å². The van der Waals surface area contributed by atoms with Crippen LogP contribution in [-0.4, -0.2) is 22.6 Å². The Morgan fingerprint density at radius 2 is 2.18 bits per heavy atom. The molecule has 0 aromatic heterocycles. The predicted octanol–water partition coefficient (Wildman–Crippen LogP) is 3.50. The summed E-state index contributed by atoms with van der Waals surface area (Å²) in [6.45, 7) is 7.84. The lowest BCUT2D eigenvalue weighted by Crippen LogP contribution is -2.36. The van der Waals surface area contributed by atoms with Crippen molar-refractivity contribution < 1.29 is 5.11 Å². The number of fused-ring (bicyclic) bond motifs is 1. The first-order chi connectivity index (χ1) is 8.13. The lowest BCUT2D eigenvalue weighted by atomic mass is 9.86. The highest BCUT2D eigenvalue weighted by molar-refractivity contribution is 5.38. The number of hydrogen-bond acceptors (Lipinski definition) is 2. The van der Waals surface area contributed by atoms with Crippen molar-refractivity contribution in [2.24, 2.45) is 0 Å². The van der Waals surface area contributed by atoms with E-state index in [1.807, 2.05) is 12.1 Å². The highest BCUT2D eigenvalue weighted by atomic mass is 16.3. The molecule has 1 aromatic rings. The molecule has 0 heterocycles. The van der Waals surface area contributed by atoms with Gasteiger partial charge in [0, 0.05) is 12.1 Å². The Kier molecular flexibility index (Phi) is 3.72. The van der Waals surface area contributed by atoms with Crippen LogP contribution >= 0.6 is 0 Å². The Balaban J connectivity index is 2.33. The van der Waals surface area contributed by atoms with Crippen LogP contribution in [-0.2, 0) is 6.42 Å². The number of aromatic hydroxyl groups is 1. The molecule has 2 nitrogen and oxygen atoms in total. The average molecular weight is 233 g/mol. The van der Waals surface area contributed by atoms with Crippen LogP contribution in [0.3, 0.4) is 0 Å². The van der Waals surface area contributed by atoms with Crippen LogP contribution in [0.15, 0.2) is 18.2 Å². The zero-order valence-electron chi connectivity index (χ0n) is 11.1. The highest BCUT2D eigenvalue weighted by Crippen LogP contribution is 2.36. The summed E-state index contributed by atoms with van der Waals surface area (Å²) in [6, 6.07) is 6.98. The van der Waals surface area contributed by atoms with Gasteiger partial charge in [0.2, 0.25) is 0 Å². The minimum atomic E-state index is 0.400. The normalized spacial score (nSPS) is 19.7. The standard InChI is InChI=1S/C15H23NO/c1-4-16(11(2)3)15-7-5-6-12-10-13(17)8-9-14(12)15/h8-11,15,17H,4-7H2,1-3H3. The molecule has 0 saturated carbocycles. The third-order valence-electron chi connectivity index (χ3n) is 3.84. The fourth-order valence-corrected chi connectivity index (χ4v) is 3.07. The maximum absolute atomic E-state index is 9.57. The molecule has 2 rings (SSSR count). The number of rotatable bonds is 3. The van der Waals surface area contributed by atoms with Gasteiger partial charge in [0.1, 0.15) is 5.75 Å². The molecule has 0 bridgehead atoms. The first-order valence-electron chi connectivity index (χ1n) is 6.71. The molecule has 17 heavy (non-hydrogen) atoms. The maximum atomic E-state index is 9.57. The van der Waals surface area contributed by atoms with Gasteiger partial charge in [0.05, 0.1) is 0 Å². The van der Waals surface area contributed by atoms with Gasteiger partial charge >= 0.3 is 0 Å². The summed E-state index contributed by atoms with van der Waals surface area (Å²) in [5, 5.41) is 9.57. The van der Waals surface area contributed by atoms with Crippen LogP contribution in [0.1, 0.15) is 50.8 Å². The van der Waals surface area contributed by atoms with Crippen LogP contribution in [0.5, 0.6) is 5.75 Å². The van der Waals surface area contributed by atoms with Crippen molar-refractivity contribution in [1.29, 1.82) is 0 Å². The summed E-state index contributed by atoms with van der Waals surface area (Å²) >= 11 is 0. The molecule has 1 N–H and O–H groups in total. The first-order valence-corrected chi connectivity index (χ1v) is 6.71. The SMILES string of the molecule is CCN(C(C)C)C1CCCc2cc(O)ccc21. The summed E-state index contributed by atoms with van der Waals surface area (Å²) in [5.41, 5.74) is 2.75. The van der Waals surface area contributed by atoms with E-state index in [0.29, 0.717) is 17.8 Å². The van der Waals surface area contributed by atoms with E-state index in [-0.39, 0.29) is 0 Å². The molecule has 1 aliphatic rings. The number of nitrogens with zero attached hydrogens (tertiary/aromatic N) is 1. The lowest BCUT2D eigenvalue weighted by molar-refractivity contribution is 0.146. The molecule has 0 spiro atoms. The van der Waals surface area contributed by atoms with Crippen molar-refractivity contribution in [2.75, 3.05) is 6.54 Å². The van der Waals surface area contributed by atoms with Crippen LogP contribution in [0, 0.1) is 0 Å². The molecule has 94 valence electrons. The van der Waals surface area contributed by atoms with Crippen molar-refractivity contribution >= 4 is 0 Å². The van der Waals surface area contributed by atoms with Gasteiger partial charge in [-0.25, -0.2) is 0 Å².